The van der Waals surface area contributed by atoms with Crippen molar-refractivity contribution in [1.29, 1.82) is 0 Å². The number of nitrogens with two attached hydrogens (primary N) is 1. The summed E-state index contributed by atoms with van der Waals surface area (Å²) in [5, 5.41) is 0.731. The van der Waals surface area contributed by atoms with Crippen LogP contribution in [0.3, 0.4) is 0 Å². The third-order valence-electron chi connectivity index (χ3n) is 1.20. The van der Waals surface area contributed by atoms with Crippen LogP contribution in [0.2, 0.25) is 5.02 Å². The Labute approximate surface area is 96.7 Å². The van der Waals surface area contributed by atoms with Gasteiger partial charge in [-0.3, -0.25) is 0 Å². The average Bonchev–Trinajstić information content (AvgIpc) is 1.94. The second kappa shape index (κ2) is 5.66. The molecule has 0 aliphatic heterocycles. The van der Waals surface area contributed by atoms with Gasteiger partial charge in [-0.05, 0) is 24.6 Å². The van der Waals surface area contributed by atoms with Crippen molar-refractivity contribution in [3.63, 3.8) is 0 Å². The van der Waals surface area contributed by atoms with Crippen LogP contribution in [0.4, 0.5) is 5.69 Å². The summed E-state index contributed by atoms with van der Waals surface area (Å²) in [5.41, 5.74) is 7.22. The van der Waals surface area contributed by atoms with E-state index in [2.05, 4.69) is 21.4 Å². The Bertz CT molecular complexity index is 397. The normalized spacial score (nSPS) is 10.3. The van der Waals surface area contributed by atoms with Crippen molar-refractivity contribution in [2.75, 3.05) is 5.73 Å². The van der Waals surface area contributed by atoms with Gasteiger partial charge in [0.25, 0.3) is 0 Å². The molecule has 1 rings (SSSR count). The van der Waals surface area contributed by atoms with Gasteiger partial charge in [-0.25, -0.2) is 0 Å². The Morgan fingerprint density at radius 3 is 2.00 bits per heavy atom. The van der Waals surface area contributed by atoms with Crippen LogP contribution in [0.5, 0.6) is 0 Å². The predicted octanol–water partition coefficient (Wildman–Crippen LogP) is 2.94. The number of hydrogen-bond acceptors (Lipinski definition) is 3. The molecule has 0 fully saturated rings. The van der Waals surface area contributed by atoms with Crippen molar-refractivity contribution in [2.45, 2.75) is 6.92 Å². The first-order chi connectivity index (χ1) is 6.20. The van der Waals surface area contributed by atoms with Crippen molar-refractivity contribution >= 4 is 46.9 Å². The lowest BCUT2D eigenvalue weighted by Gasteiger charge is -1.96. The summed E-state index contributed by atoms with van der Waals surface area (Å²) in [5.74, 6) is 0. The standard InChI is InChI=1S/C7H8ClN.Cl2O2S/c1-5-2-3-6(9)4-7(5)8;1-5(2,3)4/h2-4H,9H2,1H3;. The zero-order valence-electron chi connectivity index (χ0n) is 7.17. The third kappa shape index (κ3) is 8.44. The molecular formula is C7H8Cl3NO2S. The predicted molar refractivity (Wildman–Crippen MR) is 61.2 cm³/mol. The Morgan fingerprint density at radius 1 is 1.29 bits per heavy atom. The van der Waals surface area contributed by atoms with Gasteiger partial charge in [0.1, 0.15) is 0 Å². The lowest BCUT2D eigenvalue weighted by atomic mass is 10.2. The second-order valence-corrected chi connectivity index (χ2v) is 6.46. The molecule has 14 heavy (non-hydrogen) atoms. The minimum absolute atomic E-state index is 0.714. The number of hydrogen-bond donors (Lipinski definition) is 1. The van der Waals surface area contributed by atoms with E-state index in [1.165, 1.54) is 0 Å². The first kappa shape index (κ1) is 13.8. The largest absolute Gasteiger partial charge is 0.399 e. The van der Waals surface area contributed by atoms with Crippen molar-refractivity contribution in [3.05, 3.63) is 28.8 Å². The monoisotopic (exact) mass is 275 g/mol. The van der Waals surface area contributed by atoms with E-state index < -0.39 is 8.26 Å². The van der Waals surface area contributed by atoms with Crippen molar-refractivity contribution in [1.82, 2.24) is 0 Å². The first-order valence-corrected chi connectivity index (χ1v) is 6.87. The smallest absolute Gasteiger partial charge is 0.317 e. The Morgan fingerprint density at radius 2 is 1.71 bits per heavy atom. The third-order valence-corrected chi connectivity index (χ3v) is 1.60. The quantitative estimate of drug-likeness (QED) is 0.585. The molecule has 0 saturated heterocycles. The molecule has 0 amide bonds. The molecule has 0 aliphatic carbocycles. The van der Waals surface area contributed by atoms with Crippen molar-refractivity contribution in [3.8, 4) is 0 Å². The molecule has 0 atom stereocenters. The summed E-state index contributed by atoms with van der Waals surface area (Å²) in [4.78, 5) is 0. The highest BCUT2D eigenvalue weighted by Gasteiger charge is 1.91. The van der Waals surface area contributed by atoms with E-state index in [4.69, 9.17) is 25.8 Å². The van der Waals surface area contributed by atoms with Crippen LogP contribution in [-0.2, 0) is 8.26 Å². The number of aryl methyl sites for hydroxylation is 1. The SMILES string of the molecule is Cc1ccc(N)cc1Cl.O=S(=O)(Cl)Cl. The highest BCUT2D eigenvalue weighted by molar-refractivity contribution is 8.31. The van der Waals surface area contributed by atoms with E-state index in [1.807, 2.05) is 19.1 Å². The van der Waals surface area contributed by atoms with Gasteiger partial charge >= 0.3 is 8.26 Å². The van der Waals surface area contributed by atoms with E-state index in [0.717, 1.165) is 10.6 Å². The molecule has 0 bridgehead atoms. The van der Waals surface area contributed by atoms with E-state index in [1.54, 1.807) is 6.07 Å². The van der Waals surface area contributed by atoms with Gasteiger partial charge in [-0.15, -0.1) is 0 Å². The maximum Gasteiger partial charge on any atom is 0.317 e. The second-order valence-electron chi connectivity index (χ2n) is 2.39. The van der Waals surface area contributed by atoms with Crippen LogP contribution in [0, 0.1) is 6.92 Å². The highest BCUT2D eigenvalue weighted by atomic mass is 36.0. The van der Waals surface area contributed by atoms with Crippen LogP contribution in [0.25, 0.3) is 0 Å². The summed E-state index contributed by atoms with van der Waals surface area (Å²) < 4.78 is 18.3. The van der Waals surface area contributed by atoms with E-state index >= 15 is 0 Å². The fourth-order valence-electron chi connectivity index (χ4n) is 0.609. The number of benzene rings is 1. The van der Waals surface area contributed by atoms with E-state index in [9.17, 15) is 0 Å². The van der Waals surface area contributed by atoms with Crippen molar-refractivity contribution < 1.29 is 8.42 Å². The summed E-state index contributed by atoms with van der Waals surface area (Å²) in [6.45, 7) is 1.95. The lowest BCUT2D eigenvalue weighted by Crippen LogP contribution is -1.83. The van der Waals surface area contributed by atoms with Crippen LogP contribution >= 0.6 is 33.0 Å². The topological polar surface area (TPSA) is 60.2 Å². The van der Waals surface area contributed by atoms with Crippen LogP contribution in [-0.4, -0.2) is 8.42 Å². The van der Waals surface area contributed by atoms with Crippen LogP contribution in [0.15, 0.2) is 18.2 Å². The number of nitrogen functional groups attached to an aromatic ring is 1. The average molecular weight is 277 g/mol. The molecule has 0 unspecified atom stereocenters. The Hall–Kier alpha value is -0.160. The van der Waals surface area contributed by atoms with Crippen molar-refractivity contribution in [2.24, 2.45) is 0 Å². The molecule has 3 nitrogen and oxygen atoms in total. The summed E-state index contributed by atoms with van der Waals surface area (Å²) >= 11 is 5.73. The number of anilines is 1. The zero-order valence-corrected chi connectivity index (χ0v) is 10.3. The summed E-state index contributed by atoms with van der Waals surface area (Å²) in [7, 11) is 4.81. The fourth-order valence-corrected chi connectivity index (χ4v) is 0.798. The van der Waals surface area contributed by atoms with Gasteiger partial charge in [0.15, 0.2) is 0 Å². The first-order valence-electron chi connectivity index (χ1n) is 3.36. The molecule has 0 aliphatic rings. The molecular weight excluding hydrogens is 269 g/mol. The zero-order chi connectivity index (χ0) is 11.4. The molecule has 1 aromatic rings. The minimum Gasteiger partial charge on any atom is -0.399 e. The Balaban J connectivity index is 0.000000292. The number of halogens is 3. The molecule has 2 N–H and O–H groups in total. The molecule has 80 valence electrons. The minimum atomic E-state index is -3.72. The molecule has 0 aromatic heterocycles. The highest BCUT2D eigenvalue weighted by Crippen LogP contribution is 2.17. The van der Waals surface area contributed by atoms with Gasteiger partial charge in [0.05, 0.1) is 0 Å². The number of rotatable bonds is 0. The maximum absolute atomic E-state index is 9.16. The van der Waals surface area contributed by atoms with Crippen LogP contribution in [0.1, 0.15) is 5.56 Å². The van der Waals surface area contributed by atoms with E-state index in [0.29, 0.717) is 5.69 Å². The molecule has 7 heteroatoms. The van der Waals surface area contributed by atoms with Gasteiger partial charge in [0.2, 0.25) is 0 Å². The molecule has 0 saturated carbocycles. The molecule has 0 heterocycles. The summed E-state index contributed by atoms with van der Waals surface area (Å²) in [6.07, 6.45) is 0. The molecule has 1 aromatic carbocycles. The van der Waals surface area contributed by atoms with E-state index in [-0.39, 0.29) is 0 Å². The molecule has 0 radical (unpaired) electrons. The Kier molecular flexibility index (Phi) is 5.59. The maximum atomic E-state index is 9.16. The van der Waals surface area contributed by atoms with Gasteiger partial charge < -0.3 is 5.73 Å². The summed E-state index contributed by atoms with van der Waals surface area (Å²) in [6, 6.07) is 5.48. The lowest BCUT2D eigenvalue weighted by molar-refractivity contribution is 0.621. The van der Waals surface area contributed by atoms with Crippen LogP contribution < -0.4 is 5.73 Å². The molecule has 0 spiro atoms. The van der Waals surface area contributed by atoms with Gasteiger partial charge in [-0.2, -0.15) is 8.42 Å². The van der Waals surface area contributed by atoms with Gasteiger partial charge in [0, 0.05) is 32.1 Å². The fraction of sp³-hybridized carbons (Fsp3) is 0.143. The van der Waals surface area contributed by atoms with Gasteiger partial charge in [-0.1, -0.05) is 17.7 Å².